The van der Waals surface area contributed by atoms with E-state index in [9.17, 15) is 13.2 Å². The number of nitrogens with zero attached hydrogens (tertiary/aromatic N) is 1. The highest BCUT2D eigenvalue weighted by atomic mass is 127. The van der Waals surface area contributed by atoms with Crippen molar-refractivity contribution < 1.29 is 17.9 Å². The number of carbonyl (C=O) groups is 1. The molecule has 0 aliphatic rings. The van der Waals surface area contributed by atoms with E-state index in [1.165, 1.54) is 11.4 Å². The van der Waals surface area contributed by atoms with Crippen molar-refractivity contribution in [3.8, 4) is 5.75 Å². The predicted octanol–water partition coefficient (Wildman–Crippen LogP) is 4.34. The number of carbonyl (C=O) groups excluding carboxylic acids is 1. The molecule has 0 heterocycles. The van der Waals surface area contributed by atoms with Gasteiger partial charge in [-0.05, 0) is 77.2 Å². The number of hydrogen-bond acceptors (Lipinski definition) is 4. The lowest BCUT2D eigenvalue weighted by Gasteiger charge is -2.19. The van der Waals surface area contributed by atoms with Crippen LogP contribution in [0, 0.1) is 3.57 Å². The van der Waals surface area contributed by atoms with Crippen LogP contribution in [0.4, 0.5) is 5.69 Å². The molecular formula is C20H16INO4S. The third-order valence-electron chi connectivity index (χ3n) is 3.87. The third-order valence-corrected chi connectivity index (χ3v) is 6.34. The lowest BCUT2D eigenvalue weighted by Crippen LogP contribution is -2.26. The predicted molar refractivity (Wildman–Crippen MR) is 113 cm³/mol. The van der Waals surface area contributed by atoms with E-state index >= 15 is 0 Å². The Hall–Kier alpha value is -2.39. The van der Waals surface area contributed by atoms with Gasteiger partial charge in [-0.1, -0.05) is 24.3 Å². The molecular weight excluding hydrogens is 477 g/mol. The van der Waals surface area contributed by atoms with E-state index in [-0.39, 0.29) is 4.90 Å². The molecule has 0 spiro atoms. The van der Waals surface area contributed by atoms with Gasteiger partial charge in [-0.2, -0.15) is 0 Å². The Labute approximate surface area is 171 Å². The smallest absolute Gasteiger partial charge is 0.343 e. The summed E-state index contributed by atoms with van der Waals surface area (Å²) in [7, 11) is -2.17. The van der Waals surface area contributed by atoms with Gasteiger partial charge in [0.25, 0.3) is 10.0 Å². The van der Waals surface area contributed by atoms with Crippen LogP contribution in [-0.4, -0.2) is 21.4 Å². The maximum absolute atomic E-state index is 12.7. The van der Waals surface area contributed by atoms with Gasteiger partial charge in [0.2, 0.25) is 0 Å². The fourth-order valence-electron chi connectivity index (χ4n) is 2.39. The summed E-state index contributed by atoms with van der Waals surface area (Å²) in [6.45, 7) is 0. The van der Waals surface area contributed by atoms with Crippen molar-refractivity contribution in [3.05, 3.63) is 88.0 Å². The maximum Gasteiger partial charge on any atom is 0.343 e. The number of esters is 1. The van der Waals surface area contributed by atoms with Gasteiger partial charge in [-0.3, -0.25) is 4.31 Å². The van der Waals surface area contributed by atoms with Gasteiger partial charge in [-0.15, -0.1) is 0 Å². The van der Waals surface area contributed by atoms with Crippen molar-refractivity contribution in [2.45, 2.75) is 4.90 Å². The molecule has 0 amide bonds. The molecule has 0 saturated carbocycles. The van der Waals surface area contributed by atoms with Crippen LogP contribution in [0.5, 0.6) is 5.75 Å². The van der Waals surface area contributed by atoms with E-state index < -0.39 is 16.0 Å². The summed E-state index contributed by atoms with van der Waals surface area (Å²) in [5.41, 5.74) is 0.919. The van der Waals surface area contributed by atoms with E-state index in [1.807, 2.05) is 6.07 Å². The number of hydrogen-bond donors (Lipinski definition) is 0. The number of ether oxygens (including phenoxy) is 1. The first kappa shape index (κ1) is 19.4. The van der Waals surface area contributed by atoms with Gasteiger partial charge < -0.3 is 4.74 Å². The largest absolute Gasteiger partial charge is 0.423 e. The SMILES string of the molecule is CN(c1ccc(OC(=O)c2cccc(I)c2)cc1)S(=O)(=O)c1ccccc1. The molecule has 138 valence electrons. The summed E-state index contributed by atoms with van der Waals surface area (Å²) in [6, 6.07) is 21.6. The molecule has 3 aromatic carbocycles. The van der Waals surface area contributed by atoms with Crippen LogP contribution in [0.15, 0.2) is 83.8 Å². The van der Waals surface area contributed by atoms with Crippen LogP contribution in [-0.2, 0) is 10.0 Å². The first-order valence-corrected chi connectivity index (χ1v) is 10.5. The lowest BCUT2D eigenvalue weighted by atomic mass is 10.2. The molecule has 0 fully saturated rings. The van der Waals surface area contributed by atoms with Crippen molar-refractivity contribution in [3.63, 3.8) is 0 Å². The van der Waals surface area contributed by atoms with Gasteiger partial charge in [0.05, 0.1) is 16.1 Å². The topological polar surface area (TPSA) is 63.7 Å². The fraction of sp³-hybridized carbons (Fsp3) is 0.0500. The minimum absolute atomic E-state index is 0.210. The van der Waals surface area contributed by atoms with E-state index in [0.29, 0.717) is 17.0 Å². The lowest BCUT2D eigenvalue weighted by molar-refractivity contribution is 0.0734. The van der Waals surface area contributed by atoms with Crippen LogP contribution in [0.3, 0.4) is 0 Å². The second kappa shape index (κ2) is 8.10. The van der Waals surface area contributed by atoms with Gasteiger partial charge >= 0.3 is 5.97 Å². The Bertz CT molecular complexity index is 1050. The molecule has 0 N–H and O–H groups in total. The highest BCUT2D eigenvalue weighted by Gasteiger charge is 2.21. The highest BCUT2D eigenvalue weighted by molar-refractivity contribution is 14.1. The average Bonchev–Trinajstić information content (AvgIpc) is 2.68. The van der Waals surface area contributed by atoms with E-state index in [1.54, 1.807) is 72.8 Å². The molecule has 0 unspecified atom stereocenters. The fourth-order valence-corrected chi connectivity index (χ4v) is 4.15. The molecule has 0 bridgehead atoms. The molecule has 0 radical (unpaired) electrons. The van der Waals surface area contributed by atoms with Crippen molar-refractivity contribution in [1.29, 1.82) is 0 Å². The van der Waals surface area contributed by atoms with Crippen LogP contribution in [0.25, 0.3) is 0 Å². The van der Waals surface area contributed by atoms with Gasteiger partial charge in [0, 0.05) is 10.6 Å². The molecule has 3 aromatic rings. The quantitative estimate of drug-likeness (QED) is 0.302. The molecule has 0 aliphatic heterocycles. The molecule has 0 aliphatic carbocycles. The zero-order chi connectivity index (χ0) is 19.4. The van der Waals surface area contributed by atoms with Crippen LogP contribution < -0.4 is 9.04 Å². The van der Waals surface area contributed by atoms with Crippen LogP contribution in [0.2, 0.25) is 0 Å². The van der Waals surface area contributed by atoms with Crippen molar-refractivity contribution >= 4 is 44.3 Å². The number of sulfonamides is 1. The molecule has 0 atom stereocenters. The van der Waals surface area contributed by atoms with Crippen LogP contribution in [0.1, 0.15) is 10.4 Å². The second-order valence-electron chi connectivity index (χ2n) is 5.68. The van der Waals surface area contributed by atoms with Gasteiger partial charge in [-0.25, -0.2) is 13.2 Å². The zero-order valence-electron chi connectivity index (χ0n) is 14.4. The van der Waals surface area contributed by atoms with E-state index in [0.717, 1.165) is 3.57 Å². The zero-order valence-corrected chi connectivity index (χ0v) is 17.3. The summed E-state index contributed by atoms with van der Waals surface area (Å²) in [4.78, 5) is 12.4. The summed E-state index contributed by atoms with van der Waals surface area (Å²) < 4.78 is 32.8. The third kappa shape index (κ3) is 4.48. The Kier molecular flexibility index (Phi) is 5.81. The second-order valence-corrected chi connectivity index (χ2v) is 8.89. The van der Waals surface area contributed by atoms with Crippen molar-refractivity contribution in [2.75, 3.05) is 11.4 Å². The molecule has 0 saturated heterocycles. The van der Waals surface area contributed by atoms with E-state index in [4.69, 9.17) is 4.74 Å². The summed E-state index contributed by atoms with van der Waals surface area (Å²) in [6.07, 6.45) is 0. The summed E-state index contributed by atoms with van der Waals surface area (Å²) >= 11 is 2.12. The van der Waals surface area contributed by atoms with Gasteiger partial charge in [0.1, 0.15) is 5.75 Å². The molecule has 27 heavy (non-hydrogen) atoms. The first-order valence-electron chi connectivity index (χ1n) is 8.00. The number of anilines is 1. The Balaban J connectivity index is 1.76. The molecule has 5 nitrogen and oxygen atoms in total. The number of halogens is 1. The van der Waals surface area contributed by atoms with Crippen molar-refractivity contribution in [2.24, 2.45) is 0 Å². The molecule has 3 rings (SSSR count). The van der Waals surface area contributed by atoms with Gasteiger partial charge in [0.15, 0.2) is 0 Å². The molecule has 7 heteroatoms. The summed E-state index contributed by atoms with van der Waals surface area (Å²) in [5.74, 6) is -0.125. The number of benzene rings is 3. The minimum Gasteiger partial charge on any atom is -0.423 e. The molecule has 0 aromatic heterocycles. The monoisotopic (exact) mass is 493 g/mol. The Morgan fingerprint density at radius 2 is 1.59 bits per heavy atom. The normalized spacial score (nSPS) is 11.0. The standard InChI is InChI=1S/C20H16INO4S/c1-22(27(24,25)19-8-3-2-4-9-19)17-10-12-18(13-11-17)26-20(23)15-6-5-7-16(21)14-15/h2-14H,1H3. The first-order chi connectivity index (χ1) is 12.9. The average molecular weight is 493 g/mol. The van der Waals surface area contributed by atoms with Crippen LogP contribution >= 0.6 is 22.6 Å². The van der Waals surface area contributed by atoms with E-state index in [2.05, 4.69) is 22.6 Å². The Morgan fingerprint density at radius 3 is 2.22 bits per heavy atom. The Morgan fingerprint density at radius 1 is 0.926 bits per heavy atom. The highest BCUT2D eigenvalue weighted by Crippen LogP contribution is 2.24. The van der Waals surface area contributed by atoms with Crippen molar-refractivity contribution in [1.82, 2.24) is 0 Å². The summed E-state index contributed by atoms with van der Waals surface area (Å²) in [5, 5.41) is 0. The minimum atomic E-state index is -3.65. The maximum atomic E-state index is 12.7. The number of rotatable bonds is 5.